The summed E-state index contributed by atoms with van der Waals surface area (Å²) in [5, 5.41) is 2.10. The number of hydrogen-bond acceptors (Lipinski definition) is 4. The Morgan fingerprint density at radius 3 is 2.78 bits per heavy atom. The van der Waals surface area contributed by atoms with E-state index < -0.39 is 29.9 Å². The molecule has 0 saturated heterocycles. The maximum Gasteiger partial charge on any atom is 0.397 e. The SMILES string of the molecule is C[C@@]1(c2cc(NC(=O)CC(F)(F)F)ccc2F)CCOC(N)=N1. The molecule has 1 aliphatic rings. The van der Waals surface area contributed by atoms with Gasteiger partial charge in [0.2, 0.25) is 5.91 Å². The summed E-state index contributed by atoms with van der Waals surface area (Å²) in [4.78, 5) is 15.4. The van der Waals surface area contributed by atoms with Crippen LogP contribution in [0.2, 0.25) is 0 Å². The zero-order valence-electron chi connectivity index (χ0n) is 12.2. The van der Waals surface area contributed by atoms with Gasteiger partial charge >= 0.3 is 6.18 Å². The lowest BCUT2D eigenvalue weighted by atomic mass is 9.88. The number of amidine groups is 1. The summed E-state index contributed by atoms with van der Waals surface area (Å²) in [6.07, 6.45) is -5.89. The topological polar surface area (TPSA) is 76.7 Å². The third-order valence-electron chi connectivity index (χ3n) is 3.39. The first-order chi connectivity index (χ1) is 10.6. The number of benzene rings is 1. The number of hydrogen-bond donors (Lipinski definition) is 2. The normalized spacial score (nSPS) is 21.3. The number of halogens is 4. The number of nitrogens with zero attached hydrogens (tertiary/aromatic N) is 1. The van der Waals surface area contributed by atoms with Gasteiger partial charge in [0, 0.05) is 17.7 Å². The molecular weight excluding hydrogens is 318 g/mol. The fourth-order valence-corrected chi connectivity index (χ4v) is 2.28. The maximum absolute atomic E-state index is 14.1. The molecule has 0 spiro atoms. The summed E-state index contributed by atoms with van der Waals surface area (Å²) in [5.41, 5.74) is 4.65. The molecule has 3 N–H and O–H groups in total. The van der Waals surface area contributed by atoms with E-state index in [9.17, 15) is 22.4 Å². The standard InChI is InChI=1S/C14H15F4N3O2/c1-13(4-5-23-12(19)21-13)9-6-8(2-3-10(9)15)20-11(22)7-14(16,17)18/h2-3,6H,4-5,7H2,1H3,(H2,19,21)(H,20,22)/t13-/m0/s1. The predicted octanol–water partition coefficient (Wildman–Crippen LogP) is 2.67. The lowest BCUT2D eigenvalue weighted by Gasteiger charge is -2.30. The molecule has 23 heavy (non-hydrogen) atoms. The zero-order chi connectivity index (χ0) is 17.3. The van der Waals surface area contributed by atoms with Gasteiger partial charge in [0.1, 0.15) is 12.2 Å². The summed E-state index contributed by atoms with van der Waals surface area (Å²) in [6.45, 7) is 1.86. The van der Waals surface area contributed by atoms with Gasteiger partial charge in [0.25, 0.3) is 6.02 Å². The van der Waals surface area contributed by atoms with E-state index in [1.54, 1.807) is 6.92 Å². The van der Waals surface area contributed by atoms with Gasteiger partial charge in [-0.3, -0.25) is 4.79 Å². The van der Waals surface area contributed by atoms with Crippen LogP contribution >= 0.6 is 0 Å². The minimum absolute atomic E-state index is 0.0529. The van der Waals surface area contributed by atoms with Crippen molar-refractivity contribution in [3.8, 4) is 0 Å². The Hall–Kier alpha value is -2.32. The third-order valence-corrected chi connectivity index (χ3v) is 3.39. The van der Waals surface area contributed by atoms with Crippen LogP contribution in [0.5, 0.6) is 0 Å². The van der Waals surface area contributed by atoms with Crippen LogP contribution in [0.3, 0.4) is 0 Å². The van der Waals surface area contributed by atoms with Crippen LogP contribution in [0.1, 0.15) is 25.3 Å². The van der Waals surface area contributed by atoms with Crippen LogP contribution in [0.25, 0.3) is 0 Å². The average molecular weight is 333 g/mol. The Balaban J connectivity index is 2.26. The Labute approximate surface area is 129 Å². The van der Waals surface area contributed by atoms with E-state index in [4.69, 9.17) is 10.5 Å². The molecule has 0 aromatic heterocycles. The van der Waals surface area contributed by atoms with Crippen molar-refractivity contribution >= 4 is 17.6 Å². The zero-order valence-corrected chi connectivity index (χ0v) is 12.2. The van der Waals surface area contributed by atoms with Crippen molar-refractivity contribution in [2.45, 2.75) is 31.5 Å². The Bertz CT molecular complexity index is 645. The minimum Gasteiger partial charge on any atom is -0.465 e. The molecule has 0 radical (unpaired) electrons. The van der Waals surface area contributed by atoms with Crippen molar-refractivity contribution in [3.05, 3.63) is 29.6 Å². The van der Waals surface area contributed by atoms with Gasteiger partial charge in [0.15, 0.2) is 0 Å². The largest absolute Gasteiger partial charge is 0.465 e. The number of nitrogens with two attached hydrogens (primary N) is 1. The van der Waals surface area contributed by atoms with Crippen LogP contribution in [-0.4, -0.2) is 24.7 Å². The molecule has 0 saturated carbocycles. The van der Waals surface area contributed by atoms with E-state index in [0.29, 0.717) is 6.42 Å². The van der Waals surface area contributed by atoms with Crippen LogP contribution < -0.4 is 11.1 Å². The molecule has 0 bridgehead atoms. The Kier molecular flexibility index (Phi) is 4.49. The van der Waals surface area contributed by atoms with Gasteiger partial charge in [-0.25, -0.2) is 9.38 Å². The first-order valence-corrected chi connectivity index (χ1v) is 6.74. The molecule has 1 aromatic carbocycles. The van der Waals surface area contributed by atoms with Crippen LogP contribution in [0, 0.1) is 5.82 Å². The molecule has 1 amide bonds. The molecule has 126 valence electrons. The highest BCUT2D eigenvalue weighted by Crippen LogP contribution is 2.35. The minimum atomic E-state index is -4.61. The summed E-state index contributed by atoms with van der Waals surface area (Å²) >= 11 is 0. The van der Waals surface area contributed by atoms with E-state index in [2.05, 4.69) is 10.3 Å². The second kappa shape index (κ2) is 6.05. The predicted molar refractivity (Wildman–Crippen MR) is 75.2 cm³/mol. The first-order valence-electron chi connectivity index (χ1n) is 6.74. The van der Waals surface area contributed by atoms with Crippen molar-refractivity contribution in [2.75, 3.05) is 11.9 Å². The second-order valence-corrected chi connectivity index (χ2v) is 5.36. The van der Waals surface area contributed by atoms with Gasteiger partial charge in [-0.05, 0) is 25.1 Å². The van der Waals surface area contributed by atoms with Crippen LogP contribution in [0.4, 0.5) is 23.2 Å². The van der Waals surface area contributed by atoms with Crippen molar-refractivity contribution in [1.82, 2.24) is 0 Å². The molecule has 1 heterocycles. The highest BCUT2D eigenvalue weighted by atomic mass is 19.4. The number of carbonyl (C=O) groups is 1. The number of anilines is 1. The number of ether oxygens (including phenoxy) is 1. The molecule has 5 nitrogen and oxygen atoms in total. The number of amides is 1. The summed E-state index contributed by atoms with van der Waals surface area (Å²) in [6, 6.07) is 3.41. The van der Waals surface area contributed by atoms with E-state index in [1.807, 2.05) is 0 Å². The number of alkyl halides is 3. The maximum atomic E-state index is 14.1. The summed E-state index contributed by atoms with van der Waals surface area (Å²) < 4.78 is 55.6. The fourth-order valence-electron chi connectivity index (χ4n) is 2.28. The quantitative estimate of drug-likeness (QED) is 0.835. The molecule has 0 fully saturated rings. The number of nitrogens with one attached hydrogen (secondary N) is 1. The first kappa shape index (κ1) is 17.0. The lowest BCUT2D eigenvalue weighted by Crippen LogP contribution is -2.34. The average Bonchev–Trinajstić information content (AvgIpc) is 2.38. The molecule has 0 aliphatic carbocycles. The molecule has 0 unspecified atom stereocenters. The summed E-state index contributed by atoms with van der Waals surface area (Å²) in [7, 11) is 0. The fraction of sp³-hybridized carbons (Fsp3) is 0.429. The van der Waals surface area contributed by atoms with E-state index in [-0.39, 0.29) is 23.9 Å². The van der Waals surface area contributed by atoms with Crippen molar-refractivity contribution in [2.24, 2.45) is 10.7 Å². The molecular formula is C14H15F4N3O2. The van der Waals surface area contributed by atoms with Crippen LogP contribution in [-0.2, 0) is 15.1 Å². The van der Waals surface area contributed by atoms with E-state index in [0.717, 1.165) is 6.07 Å². The third kappa shape index (κ3) is 4.33. The van der Waals surface area contributed by atoms with Crippen LogP contribution in [0.15, 0.2) is 23.2 Å². The summed E-state index contributed by atoms with van der Waals surface area (Å²) in [5.74, 6) is -1.82. The van der Waals surface area contributed by atoms with Gasteiger partial charge in [-0.1, -0.05) is 0 Å². The molecule has 1 aliphatic heterocycles. The monoisotopic (exact) mass is 333 g/mol. The lowest BCUT2D eigenvalue weighted by molar-refractivity contribution is -0.150. The molecule has 9 heteroatoms. The van der Waals surface area contributed by atoms with Gasteiger partial charge < -0.3 is 15.8 Å². The number of carbonyl (C=O) groups excluding carboxylic acids is 1. The Morgan fingerprint density at radius 2 is 2.17 bits per heavy atom. The molecule has 2 rings (SSSR count). The highest BCUT2D eigenvalue weighted by Gasteiger charge is 2.34. The van der Waals surface area contributed by atoms with Gasteiger partial charge in [0.05, 0.1) is 12.1 Å². The van der Waals surface area contributed by atoms with Gasteiger partial charge in [-0.15, -0.1) is 0 Å². The highest BCUT2D eigenvalue weighted by molar-refractivity contribution is 5.91. The van der Waals surface area contributed by atoms with Crippen molar-refractivity contribution in [1.29, 1.82) is 0 Å². The molecule has 1 atom stereocenters. The second-order valence-electron chi connectivity index (χ2n) is 5.36. The smallest absolute Gasteiger partial charge is 0.397 e. The Morgan fingerprint density at radius 1 is 1.48 bits per heavy atom. The molecule has 1 aromatic rings. The van der Waals surface area contributed by atoms with E-state index >= 15 is 0 Å². The number of rotatable bonds is 3. The van der Waals surface area contributed by atoms with Crippen molar-refractivity contribution < 1.29 is 27.1 Å². The number of aliphatic imine (C=N–C) groups is 1. The van der Waals surface area contributed by atoms with Crippen molar-refractivity contribution in [3.63, 3.8) is 0 Å². The van der Waals surface area contributed by atoms with Gasteiger partial charge in [-0.2, -0.15) is 13.2 Å². The van der Waals surface area contributed by atoms with E-state index in [1.165, 1.54) is 12.1 Å².